The maximum Gasteiger partial charge on any atom is 0.329 e. The number of amides is 4. The van der Waals surface area contributed by atoms with Crippen LogP contribution in [-0.2, 0) is 39.9 Å². The number of allylic oxidation sites excluding steroid dienone is 1. The number of fused-ring (bicyclic) bond motifs is 1. The number of ketones is 3. The first-order chi connectivity index (χ1) is 32.1. The molecule has 2 saturated heterocycles. The molecule has 16 nitrogen and oxygen atoms in total. The molecule has 3 aliphatic rings. The Bertz CT molecular complexity index is 2430. The van der Waals surface area contributed by atoms with Gasteiger partial charge in [0.1, 0.15) is 42.9 Å². The highest BCUT2D eigenvalue weighted by atomic mass is 16.5. The third kappa shape index (κ3) is 11.8. The van der Waals surface area contributed by atoms with E-state index in [-0.39, 0.29) is 67.5 Å². The minimum atomic E-state index is -0.978. The van der Waals surface area contributed by atoms with Gasteiger partial charge >= 0.3 is 5.97 Å². The summed E-state index contributed by atoms with van der Waals surface area (Å²) in [6.45, 7) is 8.69. The number of carbonyl (C=O) groups excluding carboxylic acids is 8. The van der Waals surface area contributed by atoms with E-state index in [1.165, 1.54) is 17.0 Å². The zero-order chi connectivity index (χ0) is 48.4. The second-order valence-corrected chi connectivity index (χ2v) is 17.6. The van der Waals surface area contributed by atoms with Crippen molar-refractivity contribution in [2.45, 2.75) is 110 Å². The molecule has 16 heteroatoms. The van der Waals surface area contributed by atoms with Gasteiger partial charge in [0.05, 0.1) is 25.3 Å². The highest BCUT2D eigenvalue weighted by molar-refractivity contribution is 6.38. The smallest absolute Gasteiger partial charge is 0.329 e. The summed E-state index contributed by atoms with van der Waals surface area (Å²) in [6, 6.07) is 15.1. The number of hydrogen-bond acceptors (Lipinski definition) is 13. The number of unbranched alkanes of at least 4 members (excludes halogenated alkanes) is 1. The van der Waals surface area contributed by atoms with Gasteiger partial charge < -0.3 is 33.9 Å². The van der Waals surface area contributed by atoms with Crippen LogP contribution in [0.4, 0.5) is 0 Å². The van der Waals surface area contributed by atoms with Crippen molar-refractivity contribution < 1.29 is 62.0 Å². The van der Waals surface area contributed by atoms with Gasteiger partial charge in [-0.1, -0.05) is 51.6 Å². The normalized spacial score (nSPS) is 17.4. The zero-order valence-electron chi connectivity index (χ0n) is 38.8. The Hall–Kier alpha value is -6.84. The van der Waals surface area contributed by atoms with Gasteiger partial charge in [0, 0.05) is 30.5 Å². The SMILES string of the molecule is C=C1CCC(N2C(=O)c3cccc(OCC(=O)CCCCC(=O)COc4cccc([C@@H](CCc5ccc(OC)c(OC)c5)OC(=O)[C@@H]5CCCN5C(=O)C(=O)C(C)(C)CC)c4)c3C2=O)C(=O)N1. The number of esters is 1. The molecule has 0 saturated carbocycles. The fraction of sp³-hybridized carbons (Fsp3) is 0.451. The Balaban J connectivity index is 1.01. The average molecular weight is 922 g/mol. The molecule has 0 bridgehead atoms. The van der Waals surface area contributed by atoms with Crippen LogP contribution in [0, 0.1) is 5.41 Å². The van der Waals surface area contributed by atoms with E-state index >= 15 is 0 Å². The second kappa shape index (κ2) is 22.1. The molecule has 6 rings (SSSR count). The van der Waals surface area contributed by atoms with Crippen molar-refractivity contribution in [2.24, 2.45) is 5.41 Å². The molecule has 2 fully saturated rings. The molecule has 3 heterocycles. The number of carbonyl (C=O) groups is 8. The van der Waals surface area contributed by atoms with Crippen molar-refractivity contribution in [3.63, 3.8) is 0 Å². The standard InChI is InChI=1S/C51H59N3O13/c1-7-51(3,4)45(57)49(61)53-26-12-18-39(53)50(62)67-40(24-21-32-22-25-41(63-5)43(27-32)64-6)33-13-10-16-36(28-33)65-29-34(55)14-8-9-15-35(56)30-66-42-19-11-17-37-44(42)48(60)54(47(37)59)38-23-20-31(2)52-46(38)58/h10-11,13,16-17,19,22,25,27-28,38-40H,2,7-9,12,14-15,18,20-21,23-24,26,29-30H2,1,3-6H3,(H,52,58)/t38?,39-,40+/m0/s1. The molecule has 1 N–H and O–H groups in total. The minimum absolute atomic E-state index is 0.00838. The predicted molar refractivity (Wildman–Crippen MR) is 244 cm³/mol. The molecule has 356 valence electrons. The molecule has 0 aromatic heterocycles. The topological polar surface area (TPSA) is 201 Å². The lowest BCUT2D eigenvalue weighted by Crippen LogP contribution is -2.51. The first-order valence-electron chi connectivity index (χ1n) is 22.7. The highest BCUT2D eigenvalue weighted by Gasteiger charge is 2.46. The monoisotopic (exact) mass is 921 g/mol. The van der Waals surface area contributed by atoms with Gasteiger partial charge in [-0.25, -0.2) is 4.79 Å². The van der Waals surface area contributed by atoms with E-state index in [9.17, 15) is 38.4 Å². The largest absolute Gasteiger partial charge is 0.493 e. The number of hydrogen-bond donors (Lipinski definition) is 1. The number of aryl methyl sites for hydroxylation is 1. The van der Waals surface area contributed by atoms with Gasteiger partial charge in [-0.05, 0) is 105 Å². The molecule has 1 unspecified atom stereocenters. The molecule has 0 radical (unpaired) electrons. The molecule has 3 atom stereocenters. The van der Waals surface area contributed by atoms with E-state index < -0.39 is 59.0 Å². The van der Waals surface area contributed by atoms with Crippen LogP contribution in [0.1, 0.15) is 123 Å². The first kappa shape index (κ1) is 49.6. The summed E-state index contributed by atoms with van der Waals surface area (Å²) < 4.78 is 28.7. The lowest BCUT2D eigenvalue weighted by Gasteiger charge is -2.29. The summed E-state index contributed by atoms with van der Waals surface area (Å²) in [6.07, 6.45) is 3.15. The third-order valence-corrected chi connectivity index (χ3v) is 12.6. The zero-order valence-corrected chi connectivity index (χ0v) is 38.8. The Morgan fingerprint density at radius 3 is 2.22 bits per heavy atom. The number of imide groups is 1. The van der Waals surface area contributed by atoms with Crippen molar-refractivity contribution in [3.05, 3.63) is 95.2 Å². The van der Waals surface area contributed by atoms with Crippen molar-refractivity contribution in [2.75, 3.05) is 34.0 Å². The van der Waals surface area contributed by atoms with Crippen molar-refractivity contribution >= 4 is 46.9 Å². The fourth-order valence-corrected chi connectivity index (χ4v) is 8.28. The summed E-state index contributed by atoms with van der Waals surface area (Å²) in [5, 5.41) is 2.60. The maximum absolute atomic E-state index is 13.9. The number of nitrogens with zero attached hydrogens (tertiary/aromatic N) is 2. The number of Topliss-reactive ketones (excluding diaryl/α,β-unsaturated/α-hetero) is 3. The van der Waals surface area contributed by atoms with Crippen LogP contribution >= 0.6 is 0 Å². The van der Waals surface area contributed by atoms with Gasteiger partial charge in [0.15, 0.2) is 23.1 Å². The lowest BCUT2D eigenvalue weighted by molar-refractivity contribution is -0.161. The summed E-state index contributed by atoms with van der Waals surface area (Å²) >= 11 is 0. The van der Waals surface area contributed by atoms with Crippen LogP contribution in [0.15, 0.2) is 72.9 Å². The summed E-state index contributed by atoms with van der Waals surface area (Å²) in [5.41, 5.74) is 1.26. The first-order valence-corrected chi connectivity index (χ1v) is 22.7. The lowest BCUT2D eigenvalue weighted by atomic mass is 9.84. The van der Waals surface area contributed by atoms with Crippen molar-refractivity contribution in [1.82, 2.24) is 15.1 Å². The Morgan fingerprint density at radius 1 is 0.836 bits per heavy atom. The van der Waals surface area contributed by atoms with E-state index in [2.05, 4.69) is 11.9 Å². The number of piperidine rings is 1. The third-order valence-electron chi connectivity index (χ3n) is 12.6. The maximum atomic E-state index is 13.9. The minimum Gasteiger partial charge on any atom is -0.493 e. The summed E-state index contributed by atoms with van der Waals surface area (Å²) in [7, 11) is 3.10. The molecule has 3 aromatic carbocycles. The molecular formula is C51H59N3O13. The highest BCUT2D eigenvalue weighted by Crippen LogP contribution is 2.35. The summed E-state index contributed by atoms with van der Waals surface area (Å²) in [4.78, 5) is 108. The number of methoxy groups -OCH3 is 2. The van der Waals surface area contributed by atoms with Crippen molar-refractivity contribution in [1.29, 1.82) is 0 Å². The van der Waals surface area contributed by atoms with E-state index in [4.69, 9.17) is 23.7 Å². The molecule has 0 spiro atoms. The van der Waals surface area contributed by atoms with Crippen LogP contribution in [0.3, 0.4) is 0 Å². The Morgan fingerprint density at radius 2 is 1.54 bits per heavy atom. The average Bonchev–Trinajstić information content (AvgIpc) is 3.92. The van der Waals surface area contributed by atoms with Crippen LogP contribution in [-0.4, -0.2) is 103 Å². The van der Waals surface area contributed by atoms with Gasteiger partial charge in [-0.3, -0.25) is 38.5 Å². The molecule has 0 aliphatic carbocycles. The van der Waals surface area contributed by atoms with Gasteiger partial charge in [0.25, 0.3) is 17.7 Å². The molecule has 3 aliphatic heterocycles. The number of nitrogens with one attached hydrogen (secondary N) is 1. The van der Waals surface area contributed by atoms with Crippen LogP contribution in [0.2, 0.25) is 0 Å². The van der Waals surface area contributed by atoms with E-state index in [0.29, 0.717) is 79.9 Å². The number of ether oxygens (including phenoxy) is 5. The molecule has 4 amide bonds. The van der Waals surface area contributed by atoms with E-state index in [0.717, 1.165) is 10.5 Å². The molecular weight excluding hydrogens is 863 g/mol. The number of likely N-dealkylation sites (tertiary alicyclic amines) is 1. The quantitative estimate of drug-likeness (QED) is 0.0471. The molecule has 67 heavy (non-hydrogen) atoms. The number of rotatable bonds is 23. The van der Waals surface area contributed by atoms with E-state index in [1.807, 2.05) is 19.1 Å². The van der Waals surface area contributed by atoms with Crippen molar-refractivity contribution in [3.8, 4) is 23.0 Å². The van der Waals surface area contributed by atoms with Crippen LogP contribution in [0.5, 0.6) is 23.0 Å². The van der Waals surface area contributed by atoms with Gasteiger partial charge in [-0.2, -0.15) is 0 Å². The van der Waals surface area contributed by atoms with Crippen LogP contribution < -0.4 is 24.3 Å². The van der Waals surface area contributed by atoms with Gasteiger partial charge in [-0.15, -0.1) is 0 Å². The van der Waals surface area contributed by atoms with E-state index in [1.54, 1.807) is 64.5 Å². The van der Waals surface area contributed by atoms with Crippen LogP contribution in [0.25, 0.3) is 0 Å². The number of benzene rings is 3. The molecule has 3 aromatic rings. The Labute approximate surface area is 390 Å². The summed E-state index contributed by atoms with van der Waals surface area (Å²) in [5.74, 6) is -2.49. The Kier molecular flexibility index (Phi) is 16.4. The fourth-order valence-electron chi connectivity index (χ4n) is 8.28. The van der Waals surface area contributed by atoms with Gasteiger partial charge in [0.2, 0.25) is 11.7 Å². The second-order valence-electron chi connectivity index (χ2n) is 17.6. The predicted octanol–water partition coefficient (Wildman–Crippen LogP) is 6.46.